The van der Waals surface area contributed by atoms with E-state index in [0.29, 0.717) is 16.8 Å². The molecule has 0 aromatic heterocycles. The standard InChI is InChI=1S/C21H16INO2/c22-19-14-8-7-13-18(19)21(25)23(17-11-5-2-6-12-17)15-20(24)16-9-3-1-4-10-16/h1-14H,15H2. The monoisotopic (exact) mass is 441 g/mol. The largest absolute Gasteiger partial charge is 0.301 e. The predicted molar refractivity (Wildman–Crippen MR) is 108 cm³/mol. The first kappa shape index (κ1) is 17.4. The molecule has 0 fully saturated rings. The molecule has 0 atom stereocenters. The number of hydrogen-bond donors (Lipinski definition) is 0. The van der Waals surface area contributed by atoms with Crippen LogP contribution in [0.4, 0.5) is 5.69 Å². The summed E-state index contributed by atoms with van der Waals surface area (Å²) in [5.74, 6) is -0.274. The highest BCUT2D eigenvalue weighted by atomic mass is 127. The fourth-order valence-electron chi connectivity index (χ4n) is 2.53. The smallest absolute Gasteiger partial charge is 0.259 e. The number of halogens is 1. The van der Waals surface area contributed by atoms with Gasteiger partial charge in [0.25, 0.3) is 5.91 Å². The lowest BCUT2D eigenvalue weighted by Gasteiger charge is -2.23. The summed E-state index contributed by atoms with van der Waals surface area (Å²) in [6, 6.07) is 25.7. The second-order valence-corrected chi connectivity index (χ2v) is 6.66. The summed E-state index contributed by atoms with van der Waals surface area (Å²) in [6.07, 6.45) is 0. The van der Waals surface area contributed by atoms with Crippen LogP contribution in [0, 0.1) is 3.57 Å². The maximum atomic E-state index is 13.1. The Hall–Kier alpha value is -2.47. The molecule has 0 unspecified atom stereocenters. The fraction of sp³-hybridized carbons (Fsp3) is 0.0476. The van der Waals surface area contributed by atoms with Crippen LogP contribution in [0.25, 0.3) is 0 Å². The van der Waals surface area contributed by atoms with Crippen molar-refractivity contribution in [2.24, 2.45) is 0 Å². The zero-order valence-corrected chi connectivity index (χ0v) is 15.6. The number of para-hydroxylation sites is 1. The molecule has 0 bridgehead atoms. The highest BCUT2D eigenvalue weighted by Gasteiger charge is 2.22. The van der Waals surface area contributed by atoms with Gasteiger partial charge in [0.1, 0.15) is 0 Å². The molecule has 25 heavy (non-hydrogen) atoms. The van der Waals surface area contributed by atoms with Crippen molar-refractivity contribution in [2.75, 3.05) is 11.4 Å². The van der Waals surface area contributed by atoms with E-state index >= 15 is 0 Å². The first-order chi connectivity index (χ1) is 12.2. The second kappa shape index (κ2) is 8.07. The SMILES string of the molecule is O=C(CN(C(=O)c1ccccc1I)c1ccccc1)c1ccccc1. The minimum atomic E-state index is -0.180. The summed E-state index contributed by atoms with van der Waals surface area (Å²) < 4.78 is 0.859. The van der Waals surface area contributed by atoms with E-state index in [-0.39, 0.29) is 18.2 Å². The molecule has 0 heterocycles. The fourth-order valence-corrected chi connectivity index (χ4v) is 3.15. The number of Topliss-reactive ketones (excluding diaryl/α,β-unsaturated/α-hetero) is 1. The Bertz CT molecular complexity index is 879. The van der Waals surface area contributed by atoms with Gasteiger partial charge in [-0.2, -0.15) is 0 Å². The van der Waals surface area contributed by atoms with Gasteiger partial charge in [-0.05, 0) is 46.9 Å². The number of carbonyl (C=O) groups is 2. The molecule has 3 rings (SSSR count). The van der Waals surface area contributed by atoms with Crippen molar-refractivity contribution in [3.05, 3.63) is 99.6 Å². The molecule has 0 saturated heterocycles. The number of ketones is 1. The zero-order chi connectivity index (χ0) is 17.6. The van der Waals surface area contributed by atoms with E-state index in [1.165, 1.54) is 4.90 Å². The molecule has 0 aliphatic carbocycles. The third kappa shape index (κ3) is 4.14. The van der Waals surface area contributed by atoms with E-state index in [2.05, 4.69) is 22.6 Å². The molecule has 3 nitrogen and oxygen atoms in total. The van der Waals surface area contributed by atoms with Gasteiger partial charge < -0.3 is 4.90 Å². The molecule has 3 aromatic rings. The summed E-state index contributed by atoms with van der Waals surface area (Å²) in [4.78, 5) is 27.3. The number of rotatable bonds is 5. The zero-order valence-electron chi connectivity index (χ0n) is 13.4. The summed E-state index contributed by atoms with van der Waals surface area (Å²) in [5, 5.41) is 0. The maximum Gasteiger partial charge on any atom is 0.259 e. The predicted octanol–water partition coefficient (Wildman–Crippen LogP) is 4.82. The molecule has 1 amide bonds. The van der Waals surface area contributed by atoms with Crippen molar-refractivity contribution in [3.63, 3.8) is 0 Å². The second-order valence-electron chi connectivity index (χ2n) is 5.50. The number of nitrogens with zero attached hydrogens (tertiary/aromatic N) is 1. The van der Waals surface area contributed by atoms with E-state index in [0.717, 1.165) is 3.57 Å². The molecule has 0 N–H and O–H groups in total. The molecule has 4 heteroatoms. The van der Waals surface area contributed by atoms with Crippen LogP contribution in [0.2, 0.25) is 0 Å². The van der Waals surface area contributed by atoms with Crippen molar-refractivity contribution in [1.82, 2.24) is 0 Å². The van der Waals surface area contributed by atoms with Gasteiger partial charge in [-0.15, -0.1) is 0 Å². The van der Waals surface area contributed by atoms with Gasteiger partial charge in [-0.1, -0.05) is 60.7 Å². The van der Waals surface area contributed by atoms with E-state index in [1.807, 2.05) is 66.7 Å². The van der Waals surface area contributed by atoms with Crippen LogP contribution >= 0.6 is 22.6 Å². The van der Waals surface area contributed by atoms with Crippen LogP contribution in [0.5, 0.6) is 0 Å². The molecule has 0 spiro atoms. The Morgan fingerprint density at radius 2 is 1.32 bits per heavy atom. The summed E-state index contributed by atoms with van der Waals surface area (Å²) >= 11 is 2.14. The molecular formula is C21H16INO2. The summed E-state index contributed by atoms with van der Waals surface area (Å²) in [5.41, 5.74) is 1.89. The van der Waals surface area contributed by atoms with Crippen LogP contribution in [0.3, 0.4) is 0 Å². The van der Waals surface area contributed by atoms with Gasteiger partial charge in [0.05, 0.1) is 12.1 Å². The summed E-state index contributed by atoms with van der Waals surface area (Å²) in [7, 11) is 0. The minimum Gasteiger partial charge on any atom is -0.301 e. The maximum absolute atomic E-state index is 13.1. The van der Waals surface area contributed by atoms with Crippen LogP contribution in [0.1, 0.15) is 20.7 Å². The van der Waals surface area contributed by atoms with Crippen molar-refractivity contribution in [3.8, 4) is 0 Å². The Labute approximate surface area is 160 Å². The lowest BCUT2D eigenvalue weighted by Crippen LogP contribution is -2.36. The topological polar surface area (TPSA) is 37.4 Å². The van der Waals surface area contributed by atoms with Crippen LogP contribution in [0.15, 0.2) is 84.9 Å². The van der Waals surface area contributed by atoms with Crippen LogP contribution < -0.4 is 4.90 Å². The molecular weight excluding hydrogens is 425 g/mol. The van der Waals surface area contributed by atoms with Crippen LogP contribution in [-0.2, 0) is 0 Å². The van der Waals surface area contributed by atoms with E-state index in [4.69, 9.17) is 0 Å². The van der Waals surface area contributed by atoms with Crippen molar-refractivity contribution in [1.29, 1.82) is 0 Å². The van der Waals surface area contributed by atoms with Crippen molar-refractivity contribution in [2.45, 2.75) is 0 Å². The third-order valence-corrected chi connectivity index (χ3v) is 4.76. The van der Waals surface area contributed by atoms with E-state index in [9.17, 15) is 9.59 Å². The quantitative estimate of drug-likeness (QED) is 0.421. The number of hydrogen-bond acceptors (Lipinski definition) is 2. The molecule has 124 valence electrons. The lowest BCUT2D eigenvalue weighted by molar-refractivity contribution is 0.0936. The first-order valence-electron chi connectivity index (χ1n) is 7.86. The van der Waals surface area contributed by atoms with Crippen LogP contribution in [-0.4, -0.2) is 18.2 Å². The van der Waals surface area contributed by atoms with Gasteiger partial charge in [0.15, 0.2) is 5.78 Å². The number of amides is 1. The van der Waals surface area contributed by atoms with E-state index < -0.39 is 0 Å². The molecule has 0 aliphatic heterocycles. The number of anilines is 1. The molecule has 0 saturated carbocycles. The Morgan fingerprint density at radius 1 is 0.760 bits per heavy atom. The normalized spacial score (nSPS) is 10.3. The van der Waals surface area contributed by atoms with Crippen molar-refractivity contribution < 1.29 is 9.59 Å². The van der Waals surface area contributed by atoms with Gasteiger partial charge in [-0.3, -0.25) is 9.59 Å². The van der Waals surface area contributed by atoms with Gasteiger partial charge >= 0.3 is 0 Å². The van der Waals surface area contributed by atoms with Gasteiger partial charge in [-0.25, -0.2) is 0 Å². The lowest BCUT2D eigenvalue weighted by atomic mass is 10.1. The average molecular weight is 441 g/mol. The third-order valence-electron chi connectivity index (χ3n) is 3.81. The minimum absolute atomic E-state index is 0.00215. The van der Waals surface area contributed by atoms with Gasteiger partial charge in [0.2, 0.25) is 0 Å². The Morgan fingerprint density at radius 3 is 1.96 bits per heavy atom. The first-order valence-corrected chi connectivity index (χ1v) is 8.94. The van der Waals surface area contributed by atoms with Gasteiger partial charge in [0, 0.05) is 14.8 Å². The number of benzene rings is 3. The number of carbonyl (C=O) groups excluding carboxylic acids is 2. The summed E-state index contributed by atoms with van der Waals surface area (Å²) in [6.45, 7) is -0.00215. The highest BCUT2D eigenvalue weighted by molar-refractivity contribution is 14.1. The molecule has 0 radical (unpaired) electrons. The van der Waals surface area contributed by atoms with E-state index in [1.54, 1.807) is 18.2 Å². The van der Waals surface area contributed by atoms with Crippen molar-refractivity contribution >= 4 is 40.0 Å². The molecule has 3 aromatic carbocycles. The Kier molecular flexibility index (Phi) is 5.60. The highest BCUT2D eigenvalue weighted by Crippen LogP contribution is 2.20. The Balaban J connectivity index is 1.95. The molecule has 0 aliphatic rings. The average Bonchev–Trinajstić information content (AvgIpc) is 2.67.